The average molecular weight is 272 g/mol. The number of aliphatic carboxylic acids is 1. The van der Waals surface area contributed by atoms with Crippen molar-refractivity contribution in [2.24, 2.45) is 0 Å². The zero-order chi connectivity index (χ0) is 14.5. The molecule has 0 aromatic rings. The van der Waals surface area contributed by atoms with Gasteiger partial charge in [-0.15, -0.1) is 0 Å². The monoisotopic (exact) mass is 272 g/mol. The first-order chi connectivity index (χ1) is 8.84. The third-order valence-corrected chi connectivity index (χ3v) is 3.74. The molecular weight excluding hydrogens is 248 g/mol. The topological polar surface area (TPSA) is 89.9 Å². The van der Waals surface area contributed by atoms with Crippen molar-refractivity contribution in [3.8, 4) is 0 Å². The first-order valence-corrected chi connectivity index (χ1v) is 6.81. The van der Waals surface area contributed by atoms with Gasteiger partial charge < -0.3 is 20.4 Å². The van der Waals surface area contributed by atoms with Crippen LogP contribution in [-0.4, -0.2) is 52.3 Å². The molecule has 6 heteroatoms. The number of aliphatic hydroxyl groups is 1. The number of nitrogens with zero attached hydrogens (tertiary/aromatic N) is 1. The molecule has 0 bridgehead atoms. The van der Waals surface area contributed by atoms with Gasteiger partial charge in [-0.2, -0.15) is 0 Å². The standard InChI is InChI=1S/C13H24N2O4/c1-13(19,11(16)17)9-14-12(18)15(2)10-7-5-3-4-6-8-10/h10,19H,3-9H2,1-2H3,(H,14,18)(H,16,17). The molecule has 110 valence electrons. The van der Waals surface area contributed by atoms with Crippen molar-refractivity contribution in [3.63, 3.8) is 0 Å². The van der Waals surface area contributed by atoms with Crippen molar-refractivity contribution in [1.82, 2.24) is 10.2 Å². The van der Waals surface area contributed by atoms with Crippen LogP contribution in [0, 0.1) is 0 Å². The highest BCUT2D eigenvalue weighted by molar-refractivity contribution is 5.79. The summed E-state index contributed by atoms with van der Waals surface area (Å²) in [4.78, 5) is 24.3. The maximum Gasteiger partial charge on any atom is 0.337 e. The lowest BCUT2D eigenvalue weighted by atomic mass is 10.1. The molecule has 1 aliphatic rings. The number of amides is 2. The van der Waals surface area contributed by atoms with Crippen LogP contribution in [0.15, 0.2) is 0 Å². The van der Waals surface area contributed by atoms with E-state index in [4.69, 9.17) is 5.11 Å². The summed E-state index contributed by atoms with van der Waals surface area (Å²) in [5.74, 6) is -1.34. The van der Waals surface area contributed by atoms with E-state index in [0.717, 1.165) is 25.7 Å². The molecule has 1 atom stereocenters. The molecule has 1 rings (SSSR count). The highest BCUT2D eigenvalue weighted by atomic mass is 16.4. The van der Waals surface area contributed by atoms with Crippen LogP contribution in [0.1, 0.15) is 45.4 Å². The van der Waals surface area contributed by atoms with Crippen LogP contribution in [0.2, 0.25) is 0 Å². The van der Waals surface area contributed by atoms with E-state index in [1.54, 1.807) is 11.9 Å². The van der Waals surface area contributed by atoms with Crippen LogP contribution in [0.5, 0.6) is 0 Å². The number of carboxylic acids is 1. The molecule has 0 aromatic carbocycles. The Hall–Kier alpha value is -1.30. The van der Waals surface area contributed by atoms with Gasteiger partial charge in [0.05, 0.1) is 6.54 Å². The summed E-state index contributed by atoms with van der Waals surface area (Å²) in [6.07, 6.45) is 6.63. The Balaban J connectivity index is 2.46. The molecule has 3 N–H and O–H groups in total. The minimum atomic E-state index is -1.93. The molecule has 1 saturated carbocycles. The number of carbonyl (C=O) groups is 2. The third-order valence-electron chi connectivity index (χ3n) is 3.74. The summed E-state index contributed by atoms with van der Waals surface area (Å²) in [7, 11) is 1.72. The van der Waals surface area contributed by atoms with E-state index in [1.807, 2.05) is 0 Å². The molecule has 0 radical (unpaired) electrons. The first-order valence-electron chi connectivity index (χ1n) is 6.81. The number of nitrogens with one attached hydrogen (secondary N) is 1. The van der Waals surface area contributed by atoms with Crippen molar-refractivity contribution in [1.29, 1.82) is 0 Å². The lowest BCUT2D eigenvalue weighted by molar-refractivity contribution is -0.155. The summed E-state index contributed by atoms with van der Waals surface area (Å²) in [6, 6.07) is -0.120. The minimum absolute atomic E-state index is 0.206. The predicted octanol–water partition coefficient (Wildman–Crippen LogP) is 1.19. The Morgan fingerprint density at radius 2 is 1.79 bits per heavy atom. The molecule has 1 unspecified atom stereocenters. The van der Waals surface area contributed by atoms with Crippen LogP contribution < -0.4 is 5.32 Å². The lowest BCUT2D eigenvalue weighted by Gasteiger charge is -2.28. The zero-order valence-electron chi connectivity index (χ0n) is 11.7. The van der Waals surface area contributed by atoms with E-state index >= 15 is 0 Å². The smallest absolute Gasteiger partial charge is 0.337 e. The number of carbonyl (C=O) groups excluding carboxylic acids is 1. The van der Waals surface area contributed by atoms with Crippen molar-refractivity contribution >= 4 is 12.0 Å². The van der Waals surface area contributed by atoms with Gasteiger partial charge in [0.1, 0.15) is 0 Å². The Kier molecular flexibility index (Phi) is 5.60. The molecule has 1 fully saturated rings. The summed E-state index contributed by atoms with van der Waals surface area (Å²) in [5, 5.41) is 20.8. The van der Waals surface area contributed by atoms with Gasteiger partial charge in [-0.1, -0.05) is 25.7 Å². The van der Waals surface area contributed by atoms with Crippen LogP contribution in [0.25, 0.3) is 0 Å². The van der Waals surface area contributed by atoms with Crippen LogP contribution >= 0.6 is 0 Å². The fraction of sp³-hybridized carbons (Fsp3) is 0.846. The van der Waals surface area contributed by atoms with Gasteiger partial charge in [0.2, 0.25) is 0 Å². The Labute approximate surface area is 113 Å². The molecular formula is C13H24N2O4. The maximum atomic E-state index is 11.9. The lowest BCUT2D eigenvalue weighted by Crippen LogP contribution is -2.51. The van der Waals surface area contributed by atoms with Gasteiger partial charge in [-0.05, 0) is 19.8 Å². The highest BCUT2D eigenvalue weighted by Gasteiger charge is 2.31. The van der Waals surface area contributed by atoms with E-state index in [-0.39, 0.29) is 18.6 Å². The molecule has 2 amide bonds. The highest BCUT2D eigenvalue weighted by Crippen LogP contribution is 2.21. The molecule has 0 spiro atoms. The van der Waals surface area contributed by atoms with Gasteiger partial charge in [-0.25, -0.2) is 9.59 Å². The van der Waals surface area contributed by atoms with E-state index in [0.29, 0.717) is 0 Å². The van der Waals surface area contributed by atoms with Gasteiger partial charge in [0.15, 0.2) is 5.60 Å². The van der Waals surface area contributed by atoms with E-state index in [9.17, 15) is 14.7 Å². The first kappa shape index (κ1) is 15.8. The van der Waals surface area contributed by atoms with Crippen molar-refractivity contribution in [2.75, 3.05) is 13.6 Å². The predicted molar refractivity (Wildman–Crippen MR) is 70.9 cm³/mol. The number of hydrogen-bond donors (Lipinski definition) is 3. The molecule has 0 aromatic heterocycles. The van der Waals surface area contributed by atoms with Crippen LogP contribution in [0.3, 0.4) is 0 Å². The van der Waals surface area contributed by atoms with Crippen molar-refractivity contribution < 1.29 is 19.8 Å². The van der Waals surface area contributed by atoms with Crippen molar-refractivity contribution in [2.45, 2.75) is 57.1 Å². The third kappa shape index (κ3) is 4.70. The summed E-state index contributed by atoms with van der Waals surface area (Å²) >= 11 is 0. The maximum absolute atomic E-state index is 11.9. The number of carboxylic acid groups (broad SMARTS) is 1. The van der Waals surface area contributed by atoms with Crippen LogP contribution in [0.4, 0.5) is 4.79 Å². The number of urea groups is 1. The SMILES string of the molecule is CN(C(=O)NCC(C)(O)C(=O)O)C1CCCCCC1. The van der Waals surface area contributed by atoms with Gasteiger partial charge in [0, 0.05) is 13.1 Å². The average Bonchev–Trinajstić information content (AvgIpc) is 2.63. The molecule has 0 aliphatic heterocycles. The number of rotatable bonds is 4. The van der Waals surface area contributed by atoms with E-state index < -0.39 is 11.6 Å². The normalized spacial score (nSPS) is 20.2. The molecule has 19 heavy (non-hydrogen) atoms. The van der Waals surface area contributed by atoms with Gasteiger partial charge >= 0.3 is 12.0 Å². The fourth-order valence-electron chi connectivity index (χ4n) is 2.26. The molecule has 0 saturated heterocycles. The van der Waals surface area contributed by atoms with Gasteiger partial charge in [-0.3, -0.25) is 0 Å². The summed E-state index contributed by atoms with van der Waals surface area (Å²) < 4.78 is 0. The Morgan fingerprint density at radius 1 is 1.26 bits per heavy atom. The Morgan fingerprint density at radius 3 is 2.26 bits per heavy atom. The second-order valence-corrected chi connectivity index (χ2v) is 5.49. The molecule has 1 aliphatic carbocycles. The summed E-state index contributed by atoms with van der Waals surface area (Å²) in [6.45, 7) is 0.874. The van der Waals surface area contributed by atoms with Crippen molar-refractivity contribution in [3.05, 3.63) is 0 Å². The molecule has 0 heterocycles. The van der Waals surface area contributed by atoms with E-state index in [2.05, 4.69) is 5.32 Å². The summed E-state index contributed by atoms with van der Waals surface area (Å²) in [5.41, 5.74) is -1.93. The van der Waals surface area contributed by atoms with E-state index in [1.165, 1.54) is 19.8 Å². The van der Waals surface area contributed by atoms with Gasteiger partial charge in [0.25, 0.3) is 0 Å². The minimum Gasteiger partial charge on any atom is -0.479 e. The fourth-order valence-corrected chi connectivity index (χ4v) is 2.26. The second-order valence-electron chi connectivity index (χ2n) is 5.49. The quantitative estimate of drug-likeness (QED) is 0.670. The second kappa shape index (κ2) is 6.75. The molecule has 6 nitrogen and oxygen atoms in total. The Bertz CT molecular complexity index is 323. The largest absolute Gasteiger partial charge is 0.479 e. The zero-order valence-corrected chi connectivity index (χ0v) is 11.7. The van der Waals surface area contributed by atoms with Crippen LogP contribution in [-0.2, 0) is 4.79 Å². The number of hydrogen-bond acceptors (Lipinski definition) is 3.